The van der Waals surface area contributed by atoms with Gasteiger partial charge in [0.05, 0.1) is 5.56 Å². The van der Waals surface area contributed by atoms with Crippen molar-refractivity contribution in [1.29, 1.82) is 0 Å². The number of amides is 1. The molecule has 0 spiro atoms. The summed E-state index contributed by atoms with van der Waals surface area (Å²) in [6.45, 7) is 1.50. The maximum Gasteiger partial charge on any atom is 0.416 e. The van der Waals surface area contributed by atoms with E-state index in [4.69, 9.17) is 0 Å². The molecule has 18 heavy (non-hydrogen) atoms. The van der Waals surface area contributed by atoms with E-state index in [1.165, 1.54) is 24.6 Å². The van der Waals surface area contributed by atoms with E-state index in [-0.39, 0.29) is 0 Å². The normalized spacial score (nSPS) is 10.3. The highest BCUT2D eigenvalue weighted by molar-refractivity contribution is 8.42. The fourth-order valence-corrected chi connectivity index (χ4v) is 1.07. The van der Waals surface area contributed by atoms with E-state index in [2.05, 4.69) is 18.5 Å². The third-order valence-corrected chi connectivity index (χ3v) is 2.83. The van der Waals surface area contributed by atoms with Crippen LogP contribution in [0.1, 0.15) is 11.1 Å². The molecule has 1 rings (SSSR count). The van der Waals surface area contributed by atoms with Crippen molar-refractivity contribution in [3.63, 3.8) is 0 Å². The van der Waals surface area contributed by atoms with E-state index < -0.39 is 11.7 Å². The molecule has 2 N–H and O–H groups in total. The quantitative estimate of drug-likeness (QED) is 0.511. The fourth-order valence-electron chi connectivity index (χ4n) is 1.07. The lowest BCUT2D eigenvalue weighted by molar-refractivity contribution is -0.137. The molecule has 1 aromatic carbocycles. The zero-order chi connectivity index (χ0) is 14.2. The number of benzene rings is 1. The Kier molecular flexibility index (Phi) is 7.98. The number of carbonyl (C=O) groups excluding carboxylic acids is 1. The van der Waals surface area contributed by atoms with Crippen molar-refractivity contribution in [2.45, 2.75) is 13.1 Å². The molecule has 0 aliphatic heterocycles. The summed E-state index contributed by atoms with van der Waals surface area (Å²) in [6.07, 6.45) is -3.92. The molecule has 0 bridgehead atoms. The van der Waals surface area contributed by atoms with E-state index in [1.54, 1.807) is 0 Å². The number of rotatable bonds is 3. The molecule has 3 nitrogen and oxygen atoms in total. The highest BCUT2D eigenvalue weighted by atomic mass is 32.7. The van der Waals surface area contributed by atoms with Crippen molar-refractivity contribution < 1.29 is 18.0 Å². The van der Waals surface area contributed by atoms with E-state index in [1.807, 2.05) is 7.05 Å². The molecule has 102 valence electrons. The lowest BCUT2D eigenvalue weighted by Gasteiger charge is -2.09. The number of nitrogens with one attached hydrogen (secondary N) is 2. The Labute approximate surface area is 110 Å². The van der Waals surface area contributed by atoms with Crippen molar-refractivity contribution in [2.24, 2.45) is 0 Å². The third kappa shape index (κ3) is 6.23. The minimum Gasteiger partial charge on any atom is -0.328 e. The van der Waals surface area contributed by atoms with Crippen LogP contribution >= 0.6 is 20.0 Å². The summed E-state index contributed by atoms with van der Waals surface area (Å²) in [7, 11) is 4.33. The molecule has 0 saturated carbocycles. The van der Waals surface area contributed by atoms with Gasteiger partial charge in [-0.15, -0.1) is 0 Å². The average molecular weight is 298 g/mol. The first-order valence-corrected chi connectivity index (χ1v) is 7.06. The number of halogens is 3. The molecule has 0 heterocycles. The monoisotopic (exact) mass is 298 g/mol. The Morgan fingerprint density at radius 1 is 1.39 bits per heavy atom. The fraction of sp³-hybridized carbons (Fsp3) is 0.300. The number of alkyl halides is 3. The number of anilines is 1. The molecule has 1 amide bonds. The average Bonchev–Trinajstić information content (AvgIpc) is 2.31. The molecule has 8 heteroatoms. The van der Waals surface area contributed by atoms with Crippen molar-refractivity contribution in [3.05, 3.63) is 29.3 Å². The van der Waals surface area contributed by atoms with Crippen LogP contribution in [0, 0.1) is 6.92 Å². The Morgan fingerprint density at radius 2 is 1.94 bits per heavy atom. The van der Waals surface area contributed by atoms with Gasteiger partial charge in [0.15, 0.2) is 0 Å². The van der Waals surface area contributed by atoms with E-state index >= 15 is 0 Å². The molecular formula is C10H14F3N2OPS. The van der Waals surface area contributed by atoms with Gasteiger partial charge in [0, 0.05) is 5.69 Å². The van der Waals surface area contributed by atoms with E-state index in [0.29, 0.717) is 17.7 Å². The first kappa shape index (κ1) is 17.2. The summed E-state index contributed by atoms with van der Waals surface area (Å²) in [6, 6.07) is 3.15. The standard InChI is InChI=1S/C9H8F3NO.CH6NPS/c1-6-4-7(9(10,11)12)2-3-8(6)13-5-14;1-2-4-3/h2-5H,1H3,(H,13,14);2H,3H2,1H3. The topological polar surface area (TPSA) is 41.1 Å². The Hall–Kier alpha value is -0.780. The predicted octanol–water partition coefficient (Wildman–Crippen LogP) is 3.23. The van der Waals surface area contributed by atoms with Crippen molar-refractivity contribution in [2.75, 3.05) is 12.4 Å². The Bertz CT molecular complexity index is 386. The van der Waals surface area contributed by atoms with Gasteiger partial charge in [0.2, 0.25) is 6.41 Å². The van der Waals surface area contributed by atoms with Gasteiger partial charge in [-0.3, -0.25) is 9.52 Å². The number of aryl methyl sites for hydroxylation is 1. The molecule has 0 radical (unpaired) electrons. The van der Waals surface area contributed by atoms with Gasteiger partial charge in [-0.1, -0.05) is 20.0 Å². The van der Waals surface area contributed by atoms with Gasteiger partial charge in [-0.2, -0.15) is 13.2 Å². The maximum absolute atomic E-state index is 12.2. The van der Waals surface area contributed by atoms with Crippen LogP contribution in [0.15, 0.2) is 18.2 Å². The van der Waals surface area contributed by atoms with Gasteiger partial charge in [-0.25, -0.2) is 0 Å². The predicted molar refractivity (Wildman–Crippen MR) is 72.2 cm³/mol. The molecule has 0 aliphatic carbocycles. The zero-order valence-electron chi connectivity index (χ0n) is 9.84. The van der Waals surface area contributed by atoms with Gasteiger partial charge >= 0.3 is 6.18 Å². The molecule has 0 saturated heterocycles. The first-order chi connectivity index (χ1) is 8.36. The summed E-state index contributed by atoms with van der Waals surface area (Å²) in [5.74, 6) is 0. The summed E-state index contributed by atoms with van der Waals surface area (Å²) in [4.78, 5) is 10.1. The molecule has 1 unspecified atom stereocenters. The molecule has 0 aromatic heterocycles. The van der Waals surface area contributed by atoms with Gasteiger partial charge in [0.25, 0.3) is 0 Å². The van der Waals surface area contributed by atoms with E-state index in [9.17, 15) is 18.0 Å². The number of hydrogen-bond acceptors (Lipinski definition) is 3. The minimum atomic E-state index is -4.34. The molecule has 1 atom stereocenters. The van der Waals surface area contributed by atoms with Crippen LogP contribution in [0.4, 0.5) is 18.9 Å². The van der Waals surface area contributed by atoms with Gasteiger partial charge < -0.3 is 5.32 Å². The molecule has 1 aromatic rings. The lowest BCUT2D eigenvalue weighted by atomic mass is 10.1. The van der Waals surface area contributed by atoms with Crippen LogP contribution in [-0.4, -0.2) is 13.5 Å². The highest BCUT2D eigenvalue weighted by Crippen LogP contribution is 2.31. The van der Waals surface area contributed by atoms with E-state index in [0.717, 1.165) is 12.1 Å². The Balaban J connectivity index is 0.000000631. The van der Waals surface area contributed by atoms with Crippen LogP contribution < -0.4 is 10.0 Å². The van der Waals surface area contributed by atoms with Gasteiger partial charge in [-0.05, 0) is 37.7 Å². The van der Waals surface area contributed by atoms with Crippen LogP contribution in [0.3, 0.4) is 0 Å². The van der Waals surface area contributed by atoms with Crippen LogP contribution in [0.5, 0.6) is 0 Å². The second-order valence-corrected chi connectivity index (χ2v) is 4.46. The van der Waals surface area contributed by atoms with Crippen molar-refractivity contribution >= 4 is 32.1 Å². The first-order valence-electron chi connectivity index (χ1n) is 4.77. The maximum atomic E-state index is 12.2. The van der Waals surface area contributed by atoms with Crippen LogP contribution in [0.2, 0.25) is 0 Å². The largest absolute Gasteiger partial charge is 0.416 e. The minimum absolute atomic E-state index is 0.381. The number of hydrogen-bond donors (Lipinski definition) is 2. The number of carbonyl (C=O) groups is 1. The van der Waals surface area contributed by atoms with Crippen LogP contribution in [0.25, 0.3) is 0 Å². The van der Waals surface area contributed by atoms with Gasteiger partial charge in [0.1, 0.15) is 0 Å². The summed E-state index contributed by atoms with van der Waals surface area (Å²) in [5, 5.41) is 2.31. The summed E-state index contributed by atoms with van der Waals surface area (Å²) in [5.41, 5.74) is 0.0476. The second-order valence-electron chi connectivity index (χ2n) is 3.11. The zero-order valence-corrected chi connectivity index (χ0v) is 11.8. The summed E-state index contributed by atoms with van der Waals surface area (Å²) >= 11 is 1.52. The smallest absolute Gasteiger partial charge is 0.328 e. The third-order valence-electron chi connectivity index (χ3n) is 1.89. The molecular weight excluding hydrogens is 284 g/mol. The molecule has 0 aliphatic rings. The lowest BCUT2D eigenvalue weighted by Crippen LogP contribution is -2.06. The van der Waals surface area contributed by atoms with Crippen LogP contribution in [-0.2, 0) is 11.0 Å². The summed E-state index contributed by atoms with van der Waals surface area (Å²) < 4.78 is 39.4. The highest BCUT2D eigenvalue weighted by Gasteiger charge is 2.30. The van der Waals surface area contributed by atoms with Crippen molar-refractivity contribution in [3.8, 4) is 0 Å². The van der Waals surface area contributed by atoms with Crippen molar-refractivity contribution in [1.82, 2.24) is 4.72 Å². The Morgan fingerprint density at radius 3 is 2.28 bits per heavy atom. The molecule has 0 fully saturated rings. The second kappa shape index (κ2) is 8.34. The SMILES string of the molecule is CNSP.Cc1cc(C(F)(F)F)ccc1NC=O.